The van der Waals surface area contributed by atoms with Crippen LogP contribution in [0, 0.1) is 11.3 Å². The lowest BCUT2D eigenvalue weighted by Crippen LogP contribution is -2.40. The summed E-state index contributed by atoms with van der Waals surface area (Å²) in [5, 5.41) is 0. The number of hydrogen-bond donors (Lipinski definition) is 0. The molecule has 70 valence electrons. The summed E-state index contributed by atoms with van der Waals surface area (Å²) >= 11 is 0. The topological polar surface area (TPSA) is 26.3 Å². The van der Waals surface area contributed by atoms with Crippen molar-refractivity contribution < 1.29 is 9.53 Å². The van der Waals surface area contributed by atoms with Crippen molar-refractivity contribution in [2.24, 2.45) is 11.3 Å². The molecule has 1 aliphatic carbocycles. The third kappa shape index (κ3) is 1.79. The van der Waals surface area contributed by atoms with E-state index in [0.717, 1.165) is 6.42 Å². The van der Waals surface area contributed by atoms with E-state index in [-0.39, 0.29) is 11.5 Å². The van der Waals surface area contributed by atoms with Gasteiger partial charge in [-0.05, 0) is 18.8 Å². The molecule has 2 heteroatoms. The largest absolute Gasteiger partial charge is 0.464 e. The smallest absolute Gasteiger partial charge is 0.293 e. The summed E-state index contributed by atoms with van der Waals surface area (Å²) < 4.78 is 5.13. The summed E-state index contributed by atoms with van der Waals surface area (Å²) in [5.74, 6) is 0.513. The number of carbonyl (C=O) groups is 1. The minimum absolute atomic E-state index is 0.115. The highest BCUT2D eigenvalue weighted by Gasteiger charge is 2.38. The van der Waals surface area contributed by atoms with Crippen LogP contribution in [0.15, 0.2) is 0 Å². The maximum Gasteiger partial charge on any atom is 0.293 e. The maximum absolute atomic E-state index is 10.3. The Morgan fingerprint density at radius 3 is 2.67 bits per heavy atom. The summed E-state index contributed by atoms with van der Waals surface area (Å²) in [6.07, 6.45) is 3.72. The molecule has 2 nitrogen and oxygen atoms in total. The Morgan fingerprint density at radius 1 is 1.50 bits per heavy atom. The molecule has 1 saturated carbocycles. The van der Waals surface area contributed by atoms with E-state index >= 15 is 0 Å². The van der Waals surface area contributed by atoms with E-state index in [1.54, 1.807) is 0 Å². The van der Waals surface area contributed by atoms with Crippen LogP contribution in [0.3, 0.4) is 0 Å². The van der Waals surface area contributed by atoms with E-state index in [2.05, 4.69) is 20.8 Å². The molecule has 0 N–H and O–H groups in total. The van der Waals surface area contributed by atoms with Crippen LogP contribution in [-0.2, 0) is 9.53 Å². The fourth-order valence-electron chi connectivity index (χ4n) is 2.32. The van der Waals surface area contributed by atoms with Crippen molar-refractivity contribution in [2.45, 2.75) is 46.1 Å². The van der Waals surface area contributed by atoms with Gasteiger partial charge in [0.25, 0.3) is 6.47 Å². The molecule has 12 heavy (non-hydrogen) atoms. The van der Waals surface area contributed by atoms with Crippen LogP contribution in [-0.4, -0.2) is 12.6 Å². The molecule has 0 saturated heterocycles. The quantitative estimate of drug-likeness (QED) is 0.595. The lowest BCUT2D eigenvalue weighted by Gasteiger charge is -2.41. The molecule has 0 radical (unpaired) electrons. The Kier molecular flexibility index (Phi) is 2.76. The van der Waals surface area contributed by atoms with Gasteiger partial charge >= 0.3 is 0 Å². The molecule has 1 aliphatic rings. The fourth-order valence-corrected chi connectivity index (χ4v) is 2.32. The minimum Gasteiger partial charge on any atom is -0.464 e. The zero-order valence-corrected chi connectivity index (χ0v) is 8.17. The molecule has 0 aromatic carbocycles. The van der Waals surface area contributed by atoms with Crippen LogP contribution in [0.4, 0.5) is 0 Å². The van der Waals surface area contributed by atoms with Crippen LogP contribution in [0.2, 0.25) is 0 Å². The molecule has 0 amide bonds. The van der Waals surface area contributed by atoms with Gasteiger partial charge < -0.3 is 4.74 Å². The molecule has 0 bridgehead atoms. The Hall–Kier alpha value is -0.530. The van der Waals surface area contributed by atoms with Crippen LogP contribution in [0.25, 0.3) is 0 Å². The number of ether oxygens (including phenoxy) is 1. The molecule has 0 aliphatic heterocycles. The molecular formula is C10H18O2. The Bertz CT molecular complexity index is 163. The van der Waals surface area contributed by atoms with Gasteiger partial charge in [0.05, 0.1) is 0 Å². The summed E-state index contributed by atoms with van der Waals surface area (Å²) in [6, 6.07) is 0. The van der Waals surface area contributed by atoms with Gasteiger partial charge in [-0.2, -0.15) is 0 Å². The van der Waals surface area contributed by atoms with Crippen LogP contribution in [0.1, 0.15) is 40.0 Å². The summed E-state index contributed by atoms with van der Waals surface area (Å²) in [7, 11) is 0. The van der Waals surface area contributed by atoms with E-state index in [1.165, 1.54) is 12.8 Å². The maximum atomic E-state index is 10.3. The van der Waals surface area contributed by atoms with Gasteiger partial charge in [0.15, 0.2) is 0 Å². The summed E-state index contributed by atoms with van der Waals surface area (Å²) in [5.41, 5.74) is 0.165. The van der Waals surface area contributed by atoms with E-state index in [4.69, 9.17) is 4.74 Å². The van der Waals surface area contributed by atoms with Gasteiger partial charge in [0.1, 0.15) is 6.10 Å². The monoisotopic (exact) mass is 170 g/mol. The molecule has 0 heterocycles. The molecule has 0 aromatic rings. The zero-order valence-electron chi connectivity index (χ0n) is 8.17. The van der Waals surface area contributed by atoms with Crippen LogP contribution >= 0.6 is 0 Å². The third-order valence-corrected chi connectivity index (χ3v) is 2.97. The van der Waals surface area contributed by atoms with Crippen molar-refractivity contribution in [1.82, 2.24) is 0 Å². The first-order valence-corrected chi connectivity index (χ1v) is 4.67. The highest BCUT2D eigenvalue weighted by atomic mass is 16.5. The van der Waals surface area contributed by atoms with E-state index in [1.807, 2.05) is 0 Å². The highest BCUT2D eigenvalue weighted by molar-refractivity contribution is 5.37. The van der Waals surface area contributed by atoms with Crippen molar-refractivity contribution in [1.29, 1.82) is 0 Å². The molecule has 2 atom stereocenters. The van der Waals surface area contributed by atoms with E-state index < -0.39 is 0 Å². The van der Waals surface area contributed by atoms with Crippen LogP contribution in [0.5, 0.6) is 0 Å². The Morgan fingerprint density at radius 2 is 2.17 bits per heavy atom. The van der Waals surface area contributed by atoms with Gasteiger partial charge in [-0.3, -0.25) is 4.79 Å². The molecule has 1 fully saturated rings. The average molecular weight is 170 g/mol. The van der Waals surface area contributed by atoms with Crippen molar-refractivity contribution in [3.63, 3.8) is 0 Å². The fraction of sp³-hybridized carbons (Fsp3) is 0.900. The standard InChI is InChI=1S/C10H18O2/c1-8-5-4-6-10(2,3)9(8)12-7-11/h7-9H,4-6H2,1-3H3. The Labute approximate surface area is 74.3 Å². The van der Waals surface area contributed by atoms with Crippen LogP contribution < -0.4 is 0 Å². The second-order valence-electron chi connectivity index (χ2n) is 4.51. The Balaban J connectivity index is 2.66. The van der Waals surface area contributed by atoms with Crippen molar-refractivity contribution in [2.75, 3.05) is 0 Å². The minimum atomic E-state index is 0.115. The lowest BCUT2D eigenvalue weighted by atomic mass is 9.70. The number of hydrogen-bond acceptors (Lipinski definition) is 2. The van der Waals surface area contributed by atoms with Crippen molar-refractivity contribution in [3.05, 3.63) is 0 Å². The third-order valence-electron chi connectivity index (χ3n) is 2.97. The molecule has 2 unspecified atom stereocenters. The highest BCUT2D eigenvalue weighted by Crippen LogP contribution is 2.40. The average Bonchev–Trinajstić information content (AvgIpc) is 1.97. The van der Waals surface area contributed by atoms with Gasteiger partial charge in [-0.15, -0.1) is 0 Å². The first kappa shape index (κ1) is 9.56. The van der Waals surface area contributed by atoms with E-state index in [9.17, 15) is 4.79 Å². The molecular weight excluding hydrogens is 152 g/mol. The molecule has 0 aromatic heterocycles. The lowest BCUT2D eigenvalue weighted by molar-refractivity contribution is -0.147. The number of rotatable bonds is 2. The SMILES string of the molecule is CC1CCCC(C)(C)C1OC=O. The molecule has 1 rings (SSSR count). The normalized spacial score (nSPS) is 34.2. The summed E-state index contributed by atoms with van der Waals surface area (Å²) in [4.78, 5) is 10.3. The van der Waals surface area contributed by atoms with Gasteiger partial charge in [0, 0.05) is 5.41 Å². The predicted molar refractivity (Wildman–Crippen MR) is 47.7 cm³/mol. The predicted octanol–water partition coefficient (Wildman–Crippen LogP) is 2.37. The van der Waals surface area contributed by atoms with Gasteiger partial charge in [0.2, 0.25) is 0 Å². The van der Waals surface area contributed by atoms with Crippen molar-refractivity contribution in [3.8, 4) is 0 Å². The van der Waals surface area contributed by atoms with Crippen molar-refractivity contribution >= 4 is 6.47 Å². The number of carbonyl (C=O) groups excluding carboxylic acids is 1. The van der Waals surface area contributed by atoms with E-state index in [0.29, 0.717) is 12.4 Å². The first-order valence-electron chi connectivity index (χ1n) is 4.67. The second-order valence-corrected chi connectivity index (χ2v) is 4.51. The first-order chi connectivity index (χ1) is 5.58. The van der Waals surface area contributed by atoms with Gasteiger partial charge in [-0.25, -0.2) is 0 Å². The van der Waals surface area contributed by atoms with Gasteiger partial charge in [-0.1, -0.05) is 27.2 Å². The second kappa shape index (κ2) is 3.46. The summed E-state index contributed by atoms with van der Waals surface area (Å²) in [6.45, 7) is 7.11. The zero-order chi connectivity index (χ0) is 9.19. The molecule has 0 spiro atoms.